The zero-order valence-electron chi connectivity index (χ0n) is 14.3. The molecule has 1 atom stereocenters. The fourth-order valence-electron chi connectivity index (χ4n) is 3.13. The van der Waals surface area contributed by atoms with E-state index in [9.17, 15) is 23.1 Å². The van der Waals surface area contributed by atoms with Crippen LogP contribution in [-0.2, 0) is 10.0 Å². The number of benzene rings is 1. The maximum absolute atomic E-state index is 12.6. The molecule has 1 amide bonds. The molecule has 1 saturated carbocycles. The SMILES string of the molecule is C[C@@H]1CCCN1c1cc(C(=O)O)ccc1C(=O)NS(=O)(=O)C1(C)CC1. The molecule has 1 saturated heterocycles. The highest BCUT2D eigenvalue weighted by Gasteiger charge is 2.51. The number of carboxylic acid groups (broad SMARTS) is 1. The van der Waals surface area contributed by atoms with Gasteiger partial charge in [-0.05, 0) is 57.7 Å². The van der Waals surface area contributed by atoms with E-state index in [-0.39, 0.29) is 17.2 Å². The standard InChI is InChI=1S/C17H22N2O5S/c1-11-4-3-9-19(11)14-10-12(16(21)22)5-6-13(14)15(20)18-25(23,24)17(2)7-8-17/h5-6,10-11H,3-4,7-9H2,1-2H3,(H,18,20)(H,21,22)/t11-/m1/s1. The number of sulfonamides is 1. The summed E-state index contributed by atoms with van der Waals surface area (Å²) in [5.41, 5.74) is 0.729. The highest BCUT2D eigenvalue weighted by molar-refractivity contribution is 7.91. The van der Waals surface area contributed by atoms with Gasteiger partial charge in [0.15, 0.2) is 0 Å². The maximum atomic E-state index is 12.6. The molecule has 3 rings (SSSR count). The van der Waals surface area contributed by atoms with Gasteiger partial charge in [-0.3, -0.25) is 4.79 Å². The first-order valence-electron chi connectivity index (χ1n) is 8.35. The van der Waals surface area contributed by atoms with Crippen LogP contribution in [0.1, 0.15) is 60.2 Å². The fraction of sp³-hybridized carbons (Fsp3) is 0.529. The summed E-state index contributed by atoms with van der Waals surface area (Å²) in [4.78, 5) is 25.9. The smallest absolute Gasteiger partial charge is 0.335 e. The van der Waals surface area contributed by atoms with E-state index in [0.717, 1.165) is 12.8 Å². The van der Waals surface area contributed by atoms with E-state index in [4.69, 9.17) is 0 Å². The summed E-state index contributed by atoms with van der Waals surface area (Å²) in [6, 6.07) is 4.33. The fourth-order valence-corrected chi connectivity index (χ4v) is 4.37. The van der Waals surface area contributed by atoms with Crippen LogP contribution in [0.15, 0.2) is 18.2 Å². The Kier molecular flexibility index (Phi) is 4.26. The highest BCUT2D eigenvalue weighted by Crippen LogP contribution is 2.42. The summed E-state index contributed by atoms with van der Waals surface area (Å²) < 4.78 is 25.9. The quantitative estimate of drug-likeness (QED) is 0.826. The minimum absolute atomic E-state index is 0.0719. The van der Waals surface area contributed by atoms with Crippen molar-refractivity contribution in [3.8, 4) is 0 Å². The molecule has 7 nitrogen and oxygen atoms in total. The molecule has 1 aromatic carbocycles. The van der Waals surface area contributed by atoms with Gasteiger partial charge in [0.25, 0.3) is 5.91 Å². The lowest BCUT2D eigenvalue weighted by atomic mass is 10.1. The maximum Gasteiger partial charge on any atom is 0.335 e. The van der Waals surface area contributed by atoms with Gasteiger partial charge in [0.2, 0.25) is 10.0 Å². The molecular formula is C17H22N2O5S. The van der Waals surface area contributed by atoms with Gasteiger partial charge in [0, 0.05) is 12.6 Å². The third kappa shape index (κ3) is 3.22. The lowest BCUT2D eigenvalue weighted by Crippen LogP contribution is -2.39. The molecule has 0 aromatic heterocycles. The molecule has 2 N–H and O–H groups in total. The Labute approximate surface area is 147 Å². The highest BCUT2D eigenvalue weighted by atomic mass is 32.2. The molecule has 2 aliphatic rings. The Morgan fingerprint density at radius 1 is 1.32 bits per heavy atom. The lowest BCUT2D eigenvalue weighted by molar-refractivity contribution is 0.0696. The predicted molar refractivity (Wildman–Crippen MR) is 93.5 cm³/mol. The van der Waals surface area contributed by atoms with Crippen LogP contribution in [0.25, 0.3) is 0 Å². The minimum atomic E-state index is -3.75. The summed E-state index contributed by atoms with van der Waals surface area (Å²) in [5, 5.41) is 9.23. The monoisotopic (exact) mass is 366 g/mol. The molecule has 0 unspecified atom stereocenters. The van der Waals surface area contributed by atoms with Gasteiger partial charge in [-0.25, -0.2) is 17.9 Å². The van der Waals surface area contributed by atoms with E-state index >= 15 is 0 Å². The molecule has 0 spiro atoms. The molecule has 1 aromatic rings. The molecule has 136 valence electrons. The number of anilines is 1. The molecule has 1 aliphatic heterocycles. The van der Waals surface area contributed by atoms with Crippen molar-refractivity contribution >= 4 is 27.6 Å². The van der Waals surface area contributed by atoms with Crippen molar-refractivity contribution in [1.82, 2.24) is 4.72 Å². The number of carbonyl (C=O) groups excluding carboxylic acids is 1. The Hall–Kier alpha value is -2.09. The molecule has 1 heterocycles. The zero-order chi connectivity index (χ0) is 18.4. The molecular weight excluding hydrogens is 344 g/mol. The van der Waals surface area contributed by atoms with E-state index in [2.05, 4.69) is 4.72 Å². The van der Waals surface area contributed by atoms with E-state index in [1.54, 1.807) is 6.92 Å². The first kappa shape index (κ1) is 17.7. The average Bonchev–Trinajstić information content (AvgIpc) is 3.16. The van der Waals surface area contributed by atoms with Crippen LogP contribution in [0.2, 0.25) is 0 Å². The summed E-state index contributed by atoms with van der Waals surface area (Å²) in [6.45, 7) is 4.32. The van der Waals surface area contributed by atoms with Crippen molar-refractivity contribution < 1.29 is 23.1 Å². The van der Waals surface area contributed by atoms with Crippen LogP contribution in [0.3, 0.4) is 0 Å². The van der Waals surface area contributed by atoms with E-state index in [0.29, 0.717) is 25.1 Å². The second-order valence-corrected chi connectivity index (χ2v) is 9.30. The largest absolute Gasteiger partial charge is 0.478 e. The molecule has 0 radical (unpaired) electrons. The predicted octanol–water partition coefficient (Wildman–Crippen LogP) is 1.99. The second kappa shape index (κ2) is 6.01. The number of carbonyl (C=O) groups is 2. The summed E-state index contributed by atoms with van der Waals surface area (Å²) >= 11 is 0. The number of nitrogens with zero attached hydrogens (tertiary/aromatic N) is 1. The Morgan fingerprint density at radius 3 is 2.52 bits per heavy atom. The van der Waals surface area contributed by atoms with Crippen LogP contribution in [0, 0.1) is 0 Å². The minimum Gasteiger partial charge on any atom is -0.478 e. The first-order valence-corrected chi connectivity index (χ1v) is 9.84. The number of aromatic carboxylic acids is 1. The zero-order valence-corrected chi connectivity index (χ0v) is 15.1. The van der Waals surface area contributed by atoms with Crippen molar-refractivity contribution in [1.29, 1.82) is 0 Å². The summed E-state index contributed by atoms with van der Waals surface area (Å²) in [5.74, 6) is -1.79. The van der Waals surface area contributed by atoms with Crippen molar-refractivity contribution in [2.45, 2.75) is 50.3 Å². The average molecular weight is 366 g/mol. The third-order valence-corrected chi connectivity index (χ3v) is 7.34. The van der Waals surface area contributed by atoms with Gasteiger partial charge in [-0.15, -0.1) is 0 Å². The topological polar surface area (TPSA) is 104 Å². The third-order valence-electron chi connectivity index (χ3n) is 5.18. The van der Waals surface area contributed by atoms with E-state index in [1.807, 2.05) is 11.8 Å². The van der Waals surface area contributed by atoms with Crippen LogP contribution in [-0.4, -0.2) is 42.7 Å². The van der Waals surface area contributed by atoms with Gasteiger partial charge in [-0.2, -0.15) is 0 Å². The van der Waals surface area contributed by atoms with E-state index in [1.165, 1.54) is 18.2 Å². The van der Waals surface area contributed by atoms with Crippen LogP contribution < -0.4 is 9.62 Å². The second-order valence-electron chi connectivity index (χ2n) is 7.11. The Bertz CT molecular complexity index is 829. The van der Waals surface area contributed by atoms with Gasteiger partial charge < -0.3 is 10.0 Å². The molecule has 8 heteroatoms. The summed E-state index contributed by atoms with van der Waals surface area (Å²) in [7, 11) is -3.75. The Balaban J connectivity index is 1.97. The number of hydrogen-bond donors (Lipinski definition) is 2. The van der Waals surface area contributed by atoms with E-state index < -0.39 is 26.6 Å². The number of hydrogen-bond acceptors (Lipinski definition) is 5. The van der Waals surface area contributed by atoms with Gasteiger partial charge in [0.05, 0.1) is 21.6 Å². The van der Waals surface area contributed by atoms with Gasteiger partial charge >= 0.3 is 5.97 Å². The van der Waals surface area contributed by atoms with Crippen molar-refractivity contribution in [2.75, 3.05) is 11.4 Å². The summed E-state index contributed by atoms with van der Waals surface area (Å²) in [6.07, 6.45) is 2.94. The molecule has 25 heavy (non-hydrogen) atoms. The number of rotatable bonds is 5. The van der Waals surface area contributed by atoms with Crippen molar-refractivity contribution in [3.05, 3.63) is 29.3 Å². The first-order chi connectivity index (χ1) is 11.6. The Morgan fingerprint density at radius 2 is 2.00 bits per heavy atom. The van der Waals surface area contributed by atoms with Crippen molar-refractivity contribution in [2.24, 2.45) is 0 Å². The van der Waals surface area contributed by atoms with Gasteiger partial charge in [-0.1, -0.05) is 0 Å². The number of nitrogens with one attached hydrogen (secondary N) is 1. The van der Waals surface area contributed by atoms with Crippen LogP contribution >= 0.6 is 0 Å². The molecule has 1 aliphatic carbocycles. The molecule has 0 bridgehead atoms. The van der Waals surface area contributed by atoms with Crippen LogP contribution in [0.4, 0.5) is 5.69 Å². The molecule has 2 fully saturated rings. The van der Waals surface area contributed by atoms with Crippen LogP contribution in [0.5, 0.6) is 0 Å². The number of carboxylic acids is 1. The lowest BCUT2D eigenvalue weighted by Gasteiger charge is -2.26. The number of amides is 1. The van der Waals surface area contributed by atoms with Gasteiger partial charge in [0.1, 0.15) is 0 Å². The normalized spacial score (nSPS) is 21.8. The van der Waals surface area contributed by atoms with Crippen molar-refractivity contribution in [3.63, 3.8) is 0 Å².